The smallest absolute Gasteiger partial charge is 0.305 e. The first kappa shape index (κ1) is 21.3. The van der Waals surface area contributed by atoms with Gasteiger partial charge < -0.3 is 9.84 Å². The quantitative estimate of drug-likeness (QED) is 0.685. The van der Waals surface area contributed by atoms with Gasteiger partial charge in [0.25, 0.3) is 0 Å². The fourth-order valence-corrected chi connectivity index (χ4v) is 8.67. The molecule has 4 aliphatic carbocycles. The van der Waals surface area contributed by atoms with Gasteiger partial charge in [0.2, 0.25) is 0 Å². The molecule has 0 aromatic heterocycles. The Balaban J connectivity index is 1.54. The number of rotatable bonds is 4. The summed E-state index contributed by atoms with van der Waals surface area (Å²) in [7, 11) is 1.46. The molecule has 4 aliphatic rings. The Labute approximate surface area is 176 Å². The number of ether oxygens (including phenoxy) is 1. The first-order valence-electron chi connectivity index (χ1n) is 12.0. The van der Waals surface area contributed by atoms with Crippen molar-refractivity contribution in [2.24, 2.45) is 46.3 Å². The standard InChI is InChI=1S/C25H40O4/c1-15(5-10-22(28)29-4)19-8-9-20-18-7-6-16-13-17(26)11-12-24(16,2)23(18)21(27)14-25(19,20)3/h15-20,23,26H,5-14H2,1-4H3/t15-,16-,17+,18?,19?,20?,23?,24+,25-/m1/s1. The Morgan fingerprint density at radius 2 is 1.93 bits per heavy atom. The van der Waals surface area contributed by atoms with Gasteiger partial charge in [-0.2, -0.15) is 0 Å². The summed E-state index contributed by atoms with van der Waals surface area (Å²) in [5, 5.41) is 10.2. The third-order valence-corrected chi connectivity index (χ3v) is 10.1. The van der Waals surface area contributed by atoms with Crippen LogP contribution in [0.25, 0.3) is 0 Å². The summed E-state index contributed by atoms with van der Waals surface area (Å²) >= 11 is 0. The number of carbonyl (C=O) groups excluding carboxylic acids is 2. The van der Waals surface area contributed by atoms with Crippen LogP contribution < -0.4 is 0 Å². The van der Waals surface area contributed by atoms with Crippen molar-refractivity contribution < 1.29 is 19.4 Å². The van der Waals surface area contributed by atoms with Crippen molar-refractivity contribution in [1.29, 1.82) is 0 Å². The molecular formula is C25H40O4. The molecule has 0 radical (unpaired) electrons. The van der Waals surface area contributed by atoms with Crippen LogP contribution in [0.2, 0.25) is 0 Å². The molecule has 29 heavy (non-hydrogen) atoms. The Hall–Kier alpha value is -0.900. The van der Waals surface area contributed by atoms with Gasteiger partial charge in [-0.3, -0.25) is 9.59 Å². The highest BCUT2D eigenvalue weighted by Gasteiger charge is 2.63. The molecule has 4 heteroatoms. The van der Waals surface area contributed by atoms with Crippen LogP contribution in [0.3, 0.4) is 0 Å². The van der Waals surface area contributed by atoms with Gasteiger partial charge in [0, 0.05) is 18.8 Å². The predicted octanol–water partition coefficient (Wildman–Crippen LogP) is 4.77. The van der Waals surface area contributed by atoms with Gasteiger partial charge in [-0.1, -0.05) is 20.8 Å². The Morgan fingerprint density at radius 3 is 2.66 bits per heavy atom. The number of carbonyl (C=O) groups is 2. The monoisotopic (exact) mass is 404 g/mol. The van der Waals surface area contributed by atoms with Crippen LogP contribution in [-0.2, 0) is 14.3 Å². The van der Waals surface area contributed by atoms with Gasteiger partial charge in [0.1, 0.15) is 5.78 Å². The summed E-state index contributed by atoms with van der Waals surface area (Å²) in [6.07, 6.45) is 9.42. The van der Waals surface area contributed by atoms with Crippen LogP contribution in [-0.4, -0.2) is 30.1 Å². The lowest BCUT2D eigenvalue weighted by Crippen LogP contribution is -2.57. The van der Waals surface area contributed by atoms with E-state index >= 15 is 0 Å². The molecule has 0 bridgehead atoms. The van der Waals surface area contributed by atoms with Crippen LogP contribution in [0, 0.1) is 46.3 Å². The third kappa shape index (κ3) is 3.38. The highest BCUT2D eigenvalue weighted by atomic mass is 16.5. The molecule has 9 atom stereocenters. The van der Waals surface area contributed by atoms with E-state index in [1.807, 2.05) is 0 Å². The van der Waals surface area contributed by atoms with Crippen molar-refractivity contribution in [2.75, 3.05) is 7.11 Å². The van der Waals surface area contributed by atoms with Crippen molar-refractivity contribution in [3.8, 4) is 0 Å². The van der Waals surface area contributed by atoms with Gasteiger partial charge >= 0.3 is 5.97 Å². The number of Topliss-reactive ketones (excluding diaryl/α,β-unsaturated/α-hetero) is 1. The van der Waals surface area contributed by atoms with Crippen molar-refractivity contribution in [1.82, 2.24) is 0 Å². The summed E-state index contributed by atoms with van der Waals surface area (Å²) in [6, 6.07) is 0. The highest BCUT2D eigenvalue weighted by Crippen LogP contribution is 2.67. The zero-order valence-electron chi connectivity index (χ0n) is 18.8. The maximum atomic E-state index is 13.7. The molecule has 4 unspecified atom stereocenters. The van der Waals surface area contributed by atoms with Crippen LogP contribution in [0.4, 0.5) is 0 Å². The second kappa shape index (κ2) is 7.66. The largest absolute Gasteiger partial charge is 0.469 e. The van der Waals surface area contributed by atoms with Gasteiger partial charge in [-0.15, -0.1) is 0 Å². The summed E-state index contributed by atoms with van der Waals surface area (Å²) in [4.78, 5) is 25.3. The molecule has 4 rings (SSSR count). The maximum Gasteiger partial charge on any atom is 0.305 e. The molecule has 4 fully saturated rings. The minimum absolute atomic E-state index is 0.0885. The molecule has 4 nitrogen and oxygen atoms in total. The van der Waals surface area contributed by atoms with Gasteiger partial charge in [0.15, 0.2) is 0 Å². The van der Waals surface area contributed by atoms with E-state index in [9.17, 15) is 14.7 Å². The van der Waals surface area contributed by atoms with Gasteiger partial charge in [-0.25, -0.2) is 0 Å². The SMILES string of the molecule is COC(=O)CC[C@@H](C)C1CCC2C3CC[C@@H]4C[C@@H](O)CC[C@]4(C)C3C(=O)C[C@@]21C. The lowest BCUT2D eigenvalue weighted by atomic mass is 9.44. The molecular weight excluding hydrogens is 364 g/mol. The van der Waals surface area contributed by atoms with Crippen LogP contribution >= 0.6 is 0 Å². The number of hydrogen-bond donors (Lipinski definition) is 1. The van der Waals surface area contributed by atoms with Crippen LogP contribution in [0.1, 0.15) is 85.0 Å². The number of hydrogen-bond acceptors (Lipinski definition) is 4. The minimum Gasteiger partial charge on any atom is -0.469 e. The predicted molar refractivity (Wildman–Crippen MR) is 112 cm³/mol. The molecule has 0 aliphatic heterocycles. The molecule has 0 aromatic carbocycles. The molecule has 164 valence electrons. The number of aliphatic hydroxyl groups is 1. The number of ketones is 1. The van der Waals surface area contributed by atoms with Crippen molar-refractivity contribution in [3.63, 3.8) is 0 Å². The second-order valence-corrected chi connectivity index (χ2v) is 11.4. The number of fused-ring (bicyclic) bond motifs is 5. The first-order valence-corrected chi connectivity index (χ1v) is 12.0. The van der Waals surface area contributed by atoms with Crippen molar-refractivity contribution >= 4 is 11.8 Å². The van der Waals surface area contributed by atoms with Crippen molar-refractivity contribution in [3.05, 3.63) is 0 Å². The zero-order chi connectivity index (χ0) is 21.0. The Bertz CT molecular complexity index is 659. The summed E-state index contributed by atoms with van der Waals surface area (Å²) in [6.45, 7) is 7.03. The topological polar surface area (TPSA) is 63.6 Å². The average Bonchev–Trinajstić information content (AvgIpc) is 3.02. The highest BCUT2D eigenvalue weighted by molar-refractivity contribution is 5.84. The molecule has 1 N–H and O–H groups in total. The summed E-state index contributed by atoms with van der Waals surface area (Å²) < 4.78 is 4.84. The second-order valence-electron chi connectivity index (χ2n) is 11.4. The third-order valence-electron chi connectivity index (χ3n) is 10.1. The molecule has 0 heterocycles. The van der Waals surface area contributed by atoms with Crippen LogP contribution in [0.15, 0.2) is 0 Å². The number of esters is 1. The number of aliphatic hydroxyl groups excluding tert-OH is 1. The fraction of sp³-hybridized carbons (Fsp3) is 0.920. The normalized spacial score (nSPS) is 47.7. The molecule has 0 amide bonds. The maximum absolute atomic E-state index is 13.7. The van der Waals surface area contributed by atoms with Crippen LogP contribution in [0.5, 0.6) is 0 Å². The molecule has 0 saturated heterocycles. The van der Waals surface area contributed by atoms with E-state index in [-0.39, 0.29) is 28.8 Å². The number of methoxy groups -OCH3 is 1. The summed E-state index contributed by atoms with van der Waals surface area (Å²) in [5.41, 5.74) is 0.181. The van der Waals surface area contributed by atoms with E-state index in [1.165, 1.54) is 26.4 Å². The van der Waals surface area contributed by atoms with E-state index in [0.717, 1.165) is 38.5 Å². The van der Waals surface area contributed by atoms with E-state index in [2.05, 4.69) is 20.8 Å². The zero-order valence-corrected chi connectivity index (χ0v) is 18.8. The Kier molecular flexibility index (Phi) is 5.63. The lowest BCUT2D eigenvalue weighted by molar-refractivity contribution is -0.162. The van der Waals surface area contributed by atoms with E-state index < -0.39 is 0 Å². The minimum atomic E-state index is -0.167. The van der Waals surface area contributed by atoms with E-state index in [4.69, 9.17) is 4.74 Å². The van der Waals surface area contributed by atoms with Gasteiger partial charge in [0.05, 0.1) is 13.2 Å². The van der Waals surface area contributed by atoms with E-state index in [1.54, 1.807) is 0 Å². The average molecular weight is 405 g/mol. The van der Waals surface area contributed by atoms with Gasteiger partial charge in [-0.05, 0) is 91.8 Å². The van der Waals surface area contributed by atoms with E-state index in [0.29, 0.717) is 41.8 Å². The molecule has 0 aromatic rings. The molecule has 0 spiro atoms. The lowest BCUT2D eigenvalue weighted by Gasteiger charge is -2.60. The summed E-state index contributed by atoms with van der Waals surface area (Å²) in [5.74, 6) is 3.24. The van der Waals surface area contributed by atoms with Crippen molar-refractivity contribution in [2.45, 2.75) is 91.1 Å². The molecule has 4 saturated carbocycles. The first-order chi connectivity index (χ1) is 13.7. The Morgan fingerprint density at radius 1 is 1.17 bits per heavy atom. The fourth-order valence-electron chi connectivity index (χ4n) is 8.67.